The highest BCUT2D eigenvalue weighted by atomic mass is 16.6. The van der Waals surface area contributed by atoms with E-state index in [1.807, 2.05) is 13.8 Å². The molecule has 0 aliphatic rings. The van der Waals surface area contributed by atoms with Crippen LogP contribution >= 0.6 is 0 Å². The molecule has 1 aromatic rings. The largest absolute Gasteiger partial charge is 0.417 e. The molecule has 0 atom stereocenters. The maximum atomic E-state index is 4.88. The normalized spacial score (nSPS) is 10.6. The molecule has 82 valence electrons. The number of anilines is 1. The van der Waals surface area contributed by atoms with Crippen molar-refractivity contribution >= 4 is 11.9 Å². The summed E-state index contributed by atoms with van der Waals surface area (Å²) in [7, 11) is 1.70. The Hall–Kier alpha value is -1.62. The van der Waals surface area contributed by atoms with Crippen LogP contribution in [0.25, 0.3) is 6.08 Å². The number of hydrogen-bond donors (Lipinski definition) is 2. The summed E-state index contributed by atoms with van der Waals surface area (Å²) in [5.74, 6) is 0.858. The lowest BCUT2D eigenvalue weighted by Gasteiger charge is -2.07. The van der Waals surface area contributed by atoms with Gasteiger partial charge in [-0.05, 0) is 13.8 Å². The molecule has 0 bridgehead atoms. The van der Waals surface area contributed by atoms with E-state index in [2.05, 4.69) is 20.8 Å². The molecule has 0 aliphatic carbocycles. The average molecular weight is 208 g/mol. The molecule has 0 amide bonds. The van der Waals surface area contributed by atoms with Gasteiger partial charge in [0.05, 0.1) is 5.69 Å². The lowest BCUT2D eigenvalue weighted by atomic mass is 10.2. The summed E-state index contributed by atoms with van der Waals surface area (Å²) in [6, 6.07) is 0. The standard InChI is InChI=1S/C10H16N4O/c1-4-12-10-8(2)9(13-7-14-10)5-6-15-11-3/h5-7,11H,4H2,1-3H3,(H,12,13,14)/b6-5+. The zero-order chi connectivity index (χ0) is 11.1. The molecule has 5 nitrogen and oxygen atoms in total. The molecule has 0 spiro atoms. The van der Waals surface area contributed by atoms with Gasteiger partial charge in [0.25, 0.3) is 0 Å². The summed E-state index contributed by atoms with van der Waals surface area (Å²) in [6.07, 6.45) is 4.86. The maximum absolute atomic E-state index is 4.88. The second kappa shape index (κ2) is 5.98. The molecular formula is C10H16N4O. The molecule has 1 rings (SSSR count). The number of nitrogens with one attached hydrogen (secondary N) is 2. The quantitative estimate of drug-likeness (QED) is 0.565. The van der Waals surface area contributed by atoms with E-state index in [1.54, 1.807) is 19.4 Å². The molecular weight excluding hydrogens is 192 g/mol. The van der Waals surface area contributed by atoms with E-state index < -0.39 is 0 Å². The van der Waals surface area contributed by atoms with Crippen molar-refractivity contribution in [1.29, 1.82) is 0 Å². The molecule has 0 fully saturated rings. The molecule has 0 saturated carbocycles. The first-order chi connectivity index (χ1) is 7.29. The van der Waals surface area contributed by atoms with Crippen LogP contribution < -0.4 is 10.8 Å². The molecule has 1 heterocycles. The van der Waals surface area contributed by atoms with Gasteiger partial charge in [0.1, 0.15) is 18.4 Å². The summed E-state index contributed by atoms with van der Waals surface area (Å²) in [5, 5.41) is 3.17. The third-order valence-corrected chi connectivity index (χ3v) is 1.88. The van der Waals surface area contributed by atoms with Crippen molar-refractivity contribution in [1.82, 2.24) is 15.4 Å². The first-order valence-corrected chi connectivity index (χ1v) is 4.84. The van der Waals surface area contributed by atoms with Crippen molar-refractivity contribution < 1.29 is 4.84 Å². The Labute approximate surface area is 89.5 Å². The third kappa shape index (κ3) is 3.21. The van der Waals surface area contributed by atoms with Crippen LogP contribution in [0.15, 0.2) is 12.6 Å². The number of nitrogens with zero attached hydrogens (tertiary/aromatic N) is 2. The van der Waals surface area contributed by atoms with Crippen LogP contribution in [0.1, 0.15) is 18.2 Å². The van der Waals surface area contributed by atoms with Gasteiger partial charge in [0.15, 0.2) is 0 Å². The van der Waals surface area contributed by atoms with Crippen LogP contribution in [0, 0.1) is 6.92 Å². The number of aromatic nitrogens is 2. The first-order valence-electron chi connectivity index (χ1n) is 4.84. The minimum absolute atomic E-state index is 0.841. The highest BCUT2D eigenvalue weighted by Crippen LogP contribution is 2.14. The SMILES string of the molecule is CCNc1ncnc(/C=C/ONC)c1C. The summed E-state index contributed by atoms with van der Waals surface area (Å²) >= 11 is 0. The molecule has 5 heteroatoms. The predicted molar refractivity (Wildman–Crippen MR) is 60.1 cm³/mol. The van der Waals surface area contributed by atoms with Gasteiger partial charge in [0.2, 0.25) is 0 Å². The van der Waals surface area contributed by atoms with Crippen molar-refractivity contribution in [2.24, 2.45) is 0 Å². The van der Waals surface area contributed by atoms with E-state index in [0.717, 1.165) is 23.6 Å². The number of hydrogen-bond acceptors (Lipinski definition) is 5. The molecule has 2 N–H and O–H groups in total. The highest BCUT2D eigenvalue weighted by Gasteiger charge is 2.02. The molecule has 0 aromatic carbocycles. The van der Waals surface area contributed by atoms with Gasteiger partial charge in [-0.15, -0.1) is 0 Å². The van der Waals surface area contributed by atoms with E-state index in [-0.39, 0.29) is 0 Å². The van der Waals surface area contributed by atoms with Gasteiger partial charge < -0.3 is 10.2 Å². The molecule has 1 aromatic heterocycles. The number of hydroxylamine groups is 1. The van der Waals surface area contributed by atoms with Gasteiger partial charge in [-0.25, -0.2) is 9.97 Å². The summed E-state index contributed by atoms with van der Waals surface area (Å²) in [6.45, 7) is 4.84. The van der Waals surface area contributed by atoms with Crippen molar-refractivity contribution in [2.75, 3.05) is 18.9 Å². The Morgan fingerprint density at radius 1 is 1.47 bits per heavy atom. The van der Waals surface area contributed by atoms with E-state index in [4.69, 9.17) is 4.84 Å². The third-order valence-electron chi connectivity index (χ3n) is 1.88. The second-order valence-electron chi connectivity index (χ2n) is 2.89. The van der Waals surface area contributed by atoms with Gasteiger partial charge in [0, 0.05) is 25.2 Å². The van der Waals surface area contributed by atoms with Crippen molar-refractivity contribution in [3.05, 3.63) is 23.8 Å². The lowest BCUT2D eigenvalue weighted by Crippen LogP contribution is -2.04. The average Bonchev–Trinajstić information content (AvgIpc) is 2.24. The Bertz CT molecular complexity index is 338. The zero-order valence-corrected chi connectivity index (χ0v) is 9.24. The molecule has 0 radical (unpaired) electrons. The van der Waals surface area contributed by atoms with Gasteiger partial charge in [-0.3, -0.25) is 0 Å². The fraction of sp³-hybridized carbons (Fsp3) is 0.400. The summed E-state index contributed by atoms with van der Waals surface area (Å²) in [5.41, 5.74) is 4.40. The topological polar surface area (TPSA) is 59.1 Å². The van der Waals surface area contributed by atoms with Crippen LogP contribution in [0.3, 0.4) is 0 Å². The van der Waals surface area contributed by atoms with Crippen molar-refractivity contribution in [3.8, 4) is 0 Å². The Morgan fingerprint density at radius 2 is 2.27 bits per heavy atom. The molecule has 0 saturated heterocycles. The lowest BCUT2D eigenvalue weighted by molar-refractivity contribution is 0.161. The Kier molecular flexibility index (Phi) is 4.56. The number of rotatable bonds is 5. The first kappa shape index (κ1) is 11.5. The van der Waals surface area contributed by atoms with Crippen molar-refractivity contribution in [2.45, 2.75) is 13.8 Å². The minimum Gasteiger partial charge on any atom is -0.417 e. The predicted octanol–water partition coefficient (Wildman–Crippen LogP) is 1.34. The van der Waals surface area contributed by atoms with Gasteiger partial charge >= 0.3 is 0 Å². The van der Waals surface area contributed by atoms with Crippen LogP contribution in [-0.4, -0.2) is 23.6 Å². The summed E-state index contributed by atoms with van der Waals surface area (Å²) in [4.78, 5) is 13.2. The monoisotopic (exact) mass is 208 g/mol. The second-order valence-corrected chi connectivity index (χ2v) is 2.89. The fourth-order valence-electron chi connectivity index (χ4n) is 1.14. The smallest absolute Gasteiger partial charge is 0.132 e. The van der Waals surface area contributed by atoms with E-state index in [9.17, 15) is 0 Å². The van der Waals surface area contributed by atoms with Gasteiger partial charge in [-0.2, -0.15) is 5.48 Å². The van der Waals surface area contributed by atoms with Crippen LogP contribution in [0.2, 0.25) is 0 Å². The Morgan fingerprint density at radius 3 is 2.93 bits per heavy atom. The van der Waals surface area contributed by atoms with Crippen LogP contribution in [-0.2, 0) is 4.84 Å². The zero-order valence-electron chi connectivity index (χ0n) is 9.24. The minimum atomic E-state index is 0.841. The van der Waals surface area contributed by atoms with E-state index >= 15 is 0 Å². The fourth-order valence-corrected chi connectivity index (χ4v) is 1.14. The van der Waals surface area contributed by atoms with Gasteiger partial charge in [-0.1, -0.05) is 0 Å². The summed E-state index contributed by atoms with van der Waals surface area (Å²) < 4.78 is 0. The molecule has 0 unspecified atom stereocenters. The van der Waals surface area contributed by atoms with Crippen LogP contribution in [0.5, 0.6) is 0 Å². The molecule has 0 aliphatic heterocycles. The van der Waals surface area contributed by atoms with E-state index in [1.165, 1.54) is 6.33 Å². The van der Waals surface area contributed by atoms with Crippen LogP contribution in [0.4, 0.5) is 5.82 Å². The van der Waals surface area contributed by atoms with Crippen molar-refractivity contribution in [3.63, 3.8) is 0 Å². The Balaban J connectivity index is 2.84. The van der Waals surface area contributed by atoms with E-state index in [0.29, 0.717) is 0 Å². The molecule has 15 heavy (non-hydrogen) atoms. The highest BCUT2D eigenvalue weighted by molar-refractivity contribution is 5.56. The maximum Gasteiger partial charge on any atom is 0.132 e.